The second-order valence-electron chi connectivity index (χ2n) is 4.82. The summed E-state index contributed by atoms with van der Waals surface area (Å²) >= 11 is 0. The van der Waals surface area contributed by atoms with Gasteiger partial charge in [-0.25, -0.2) is 4.79 Å². The van der Waals surface area contributed by atoms with Crippen LogP contribution in [0.3, 0.4) is 0 Å². The summed E-state index contributed by atoms with van der Waals surface area (Å²) in [6, 6.07) is 4.56. The van der Waals surface area contributed by atoms with E-state index in [0.29, 0.717) is 6.61 Å². The van der Waals surface area contributed by atoms with E-state index in [-0.39, 0.29) is 17.1 Å². The second-order valence-corrected chi connectivity index (χ2v) is 4.82. The third-order valence-electron chi connectivity index (χ3n) is 3.14. The number of benzene rings is 1. The van der Waals surface area contributed by atoms with Gasteiger partial charge >= 0.3 is 12.1 Å². The summed E-state index contributed by atoms with van der Waals surface area (Å²) in [6.45, 7) is 2.31. The minimum Gasteiger partial charge on any atom is -0.490 e. The van der Waals surface area contributed by atoms with Gasteiger partial charge < -0.3 is 14.6 Å². The van der Waals surface area contributed by atoms with E-state index < -0.39 is 23.8 Å². The smallest absolute Gasteiger partial charge is 0.430 e. The molecule has 1 aromatic rings. The molecule has 0 bridgehead atoms. The molecule has 4 nitrogen and oxygen atoms in total. The molecule has 0 amide bonds. The predicted molar refractivity (Wildman–Crippen MR) is 72.9 cm³/mol. The fourth-order valence-corrected chi connectivity index (χ4v) is 2.05. The number of hydrogen-bond acceptors (Lipinski definition) is 3. The van der Waals surface area contributed by atoms with Crippen molar-refractivity contribution < 1.29 is 32.5 Å². The molecular weight excluding hydrogens is 301 g/mol. The number of fused-ring (bicyclic) bond motifs is 1. The predicted octanol–water partition coefficient (Wildman–Crippen LogP) is 3.66. The lowest BCUT2D eigenvalue weighted by molar-refractivity contribution is -0.187. The molecule has 1 aliphatic rings. The van der Waals surface area contributed by atoms with Gasteiger partial charge in [-0.1, -0.05) is 25.5 Å². The summed E-state index contributed by atoms with van der Waals surface area (Å²) in [6.07, 6.45) is -4.72. The van der Waals surface area contributed by atoms with E-state index in [9.17, 15) is 18.0 Å². The average Bonchev–Trinajstić information content (AvgIpc) is 2.45. The van der Waals surface area contributed by atoms with Crippen LogP contribution in [0.4, 0.5) is 13.2 Å². The van der Waals surface area contributed by atoms with Crippen LogP contribution in [-0.4, -0.2) is 30.0 Å². The quantitative estimate of drug-likeness (QED) is 0.842. The maximum absolute atomic E-state index is 13.0. The lowest BCUT2D eigenvalue weighted by Gasteiger charge is -2.28. The zero-order valence-electron chi connectivity index (χ0n) is 11.8. The number of alkyl halides is 3. The number of aliphatic carboxylic acids is 1. The van der Waals surface area contributed by atoms with E-state index in [1.807, 2.05) is 6.92 Å². The number of halogens is 3. The third kappa shape index (κ3) is 3.35. The van der Waals surface area contributed by atoms with Crippen molar-refractivity contribution in [2.24, 2.45) is 0 Å². The molecule has 0 aliphatic carbocycles. The number of para-hydroxylation sites is 1. The van der Waals surface area contributed by atoms with Gasteiger partial charge in [-0.15, -0.1) is 0 Å². The monoisotopic (exact) mass is 316 g/mol. The Morgan fingerprint density at radius 1 is 1.41 bits per heavy atom. The number of rotatable bonds is 5. The first-order valence-electron chi connectivity index (χ1n) is 6.78. The van der Waals surface area contributed by atoms with Gasteiger partial charge in [0.05, 0.1) is 12.2 Å². The molecule has 0 saturated carbocycles. The zero-order chi connectivity index (χ0) is 16.3. The summed E-state index contributed by atoms with van der Waals surface area (Å²) in [5.41, 5.74) is -0.586. The number of hydrogen-bond donors (Lipinski definition) is 1. The van der Waals surface area contributed by atoms with Crippen LogP contribution in [0.25, 0.3) is 6.08 Å². The molecule has 1 N–H and O–H groups in total. The lowest BCUT2D eigenvalue weighted by Crippen LogP contribution is -2.40. The Bertz CT molecular complexity index is 593. The summed E-state index contributed by atoms with van der Waals surface area (Å²) in [4.78, 5) is 11.0. The average molecular weight is 316 g/mol. The summed E-state index contributed by atoms with van der Waals surface area (Å²) in [5, 5.41) is 8.96. The Kier molecular flexibility index (Phi) is 4.63. The van der Waals surface area contributed by atoms with Gasteiger partial charge in [0.2, 0.25) is 6.10 Å². The molecule has 2 rings (SSSR count). The molecule has 0 radical (unpaired) electrons. The molecule has 1 heterocycles. The number of unbranched alkanes of at least 4 members (excludes halogenated alkanes) is 1. The fourth-order valence-electron chi connectivity index (χ4n) is 2.05. The molecule has 0 saturated heterocycles. The summed E-state index contributed by atoms with van der Waals surface area (Å²) < 4.78 is 49.4. The molecular formula is C15H15F3O4. The molecule has 22 heavy (non-hydrogen) atoms. The first-order chi connectivity index (χ1) is 10.3. The number of carboxylic acid groups (broad SMARTS) is 1. The van der Waals surface area contributed by atoms with Crippen LogP contribution in [0.1, 0.15) is 25.3 Å². The van der Waals surface area contributed by atoms with Gasteiger partial charge in [0.1, 0.15) is 0 Å². The molecule has 7 heteroatoms. The highest BCUT2D eigenvalue weighted by Crippen LogP contribution is 2.42. The topological polar surface area (TPSA) is 55.8 Å². The van der Waals surface area contributed by atoms with Crippen molar-refractivity contribution in [1.82, 2.24) is 0 Å². The maximum Gasteiger partial charge on any atom is 0.430 e. The van der Waals surface area contributed by atoms with E-state index >= 15 is 0 Å². The highest BCUT2D eigenvalue weighted by molar-refractivity contribution is 5.95. The molecule has 1 unspecified atom stereocenters. The van der Waals surface area contributed by atoms with Gasteiger partial charge in [-0.3, -0.25) is 0 Å². The van der Waals surface area contributed by atoms with E-state index in [2.05, 4.69) is 0 Å². The Labute approximate surface area is 125 Å². The van der Waals surface area contributed by atoms with Crippen LogP contribution in [0.2, 0.25) is 0 Å². The van der Waals surface area contributed by atoms with Crippen LogP contribution < -0.4 is 9.47 Å². The zero-order valence-corrected chi connectivity index (χ0v) is 11.8. The van der Waals surface area contributed by atoms with Gasteiger partial charge in [-0.2, -0.15) is 13.2 Å². The van der Waals surface area contributed by atoms with Crippen molar-refractivity contribution in [2.75, 3.05) is 6.61 Å². The Morgan fingerprint density at radius 2 is 2.14 bits per heavy atom. The third-order valence-corrected chi connectivity index (χ3v) is 3.14. The van der Waals surface area contributed by atoms with Crippen molar-refractivity contribution >= 4 is 12.0 Å². The van der Waals surface area contributed by atoms with Crippen molar-refractivity contribution in [2.45, 2.75) is 32.0 Å². The van der Waals surface area contributed by atoms with Crippen LogP contribution in [-0.2, 0) is 4.79 Å². The highest BCUT2D eigenvalue weighted by Gasteiger charge is 2.48. The number of ether oxygens (including phenoxy) is 2. The standard InChI is InChI=1S/C15H15F3O4/c1-2-3-7-21-11-6-4-5-9-8-10(14(19)20)13(15(16,17)18)22-12(9)11/h4-6,8,13H,2-3,7H2,1H3,(H,19,20). The first kappa shape index (κ1) is 16.2. The van der Waals surface area contributed by atoms with E-state index in [4.69, 9.17) is 14.6 Å². The lowest BCUT2D eigenvalue weighted by atomic mass is 10.0. The van der Waals surface area contributed by atoms with E-state index in [1.165, 1.54) is 12.1 Å². The largest absolute Gasteiger partial charge is 0.490 e. The minimum atomic E-state index is -4.82. The van der Waals surface area contributed by atoms with Gasteiger partial charge in [0.15, 0.2) is 11.5 Å². The van der Waals surface area contributed by atoms with Crippen molar-refractivity contribution in [3.63, 3.8) is 0 Å². The highest BCUT2D eigenvalue weighted by atomic mass is 19.4. The van der Waals surface area contributed by atoms with Gasteiger partial charge in [0.25, 0.3) is 0 Å². The summed E-state index contributed by atoms with van der Waals surface area (Å²) in [7, 11) is 0. The molecule has 0 aromatic heterocycles. The number of carbonyl (C=O) groups is 1. The Hall–Kier alpha value is -2.18. The van der Waals surface area contributed by atoms with Gasteiger partial charge in [0, 0.05) is 5.56 Å². The van der Waals surface area contributed by atoms with E-state index in [0.717, 1.165) is 18.9 Å². The SMILES string of the molecule is CCCCOc1cccc2c1OC(C(F)(F)F)C(C(=O)O)=C2. The fraction of sp³-hybridized carbons (Fsp3) is 0.400. The number of carboxylic acids is 1. The first-order valence-corrected chi connectivity index (χ1v) is 6.78. The molecule has 1 aliphatic heterocycles. The van der Waals surface area contributed by atoms with Gasteiger partial charge in [-0.05, 0) is 18.6 Å². The van der Waals surface area contributed by atoms with Crippen LogP contribution >= 0.6 is 0 Å². The van der Waals surface area contributed by atoms with Crippen molar-refractivity contribution in [3.8, 4) is 11.5 Å². The normalized spacial score (nSPS) is 17.3. The Balaban J connectivity index is 2.40. The maximum atomic E-state index is 13.0. The molecule has 120 valence electrons. The Morgan fingerprint density at radius 3 is 2.73 bits per heavy atom. The van der Waals surface area contributed by atoms with Crippen LogP contribution in [0, 0.1) is 0 Å². The summed E-state index contributed by atoms with van der Waals surface area (Å²) in [5.74, 6) is -1.56. The molecule has 0 spiro atoms. The molecule has 1 atom stereocenters. The molecule has 0 fully saturated rings. The minimum absolute atomic E-state index is 0.0778. The molecule has 1 aromatic carbocycles. The van der Waals surface area contributed by atoms with Crippen LogP contribution in [0.5, 0.6) is 11.5 Å². The van der Waals surface area contributed by atoms with E-state index in [1.54, 1.807) is 6.07 Å². The van der Waals surface area contributed by atoms with Crippen LogP contribution in [0.15, 0.2) is 23.8 Å². The van der Waals surface area contributed by atoms with Crippen molar-refractivity contribution in [3.05, 3.63) is 29.3 Å². The van der Waals surface area contributed by atoms with Crippen molar-refractivity contribution in [1.29, 1.82) is 0 Å². The second kappa shape index (κ2) is 6.29.